The fourth-order valence-corrected chi connectivity index (χ4v) is 2.97. The first-order chi connectivity index (χ1) is 9.54. The summed E-state index contributed by atoms with van der Waals surface area (Å²) < 4.78 is 6.95. The number of nitrogens with two attached hydrogens (primary N) is 1. The van der Waals surface area contributed by atoms with Gasteiger partial charge in [0.1, 0.15) is 5.75 Å². The lowest BCUT2D eigenvalue weighted by atomic mass is 9.96. The molecule has 2 nitrogen and oxygen atoms in total. The second-order valence-electron chi connectivity index (χ2n) is 4.93. The molecule has 3 heteroatoms. The molecule has 0 aliphatic carbocycles. The zero-order valence-electron chi connectivity index (χ0n) is 12.1. The van der Waals surface area contributed by atoms with E-state index < -0.39 is 0 Å². The van der Waals surface area contributed by atoms with E-state index in [0.717, 1.165) is 16.9 Å². The van der Waals surface area contributed by atoms with E-state index in [-0.39, 0.29) is 6.04 Å². The number of halogens is 1. The standard InChI is InChI=1S/C17H20INO/c1-4-20-15-9-8-11(2)10-14(15)17(19)13-7-5-6-12(3)16(13)18/h5-10,17H,4,19H2,1-3H3. The first kappa shape index (κ1) is 15.3. The summed E-state index contributed by atoms with van der Waals surface area (Å²) in [7, 11) is 0. The number of ether oxygens (including phenoxy) is 1. The van der Waals surface area contributed by atoms with E-state index in [0.29, 0.717) is 6.61 Å². The molecule has 1 atom stereocenters. The Balaban J connectivity index is 2.49. The van der Waals surface area contributed by atoms with Gasteiger partial charge in [0.25, 0.3) is 0 Å². The van der Waals surface area contributed by atoms with Crippen molar-refractivity contribution in [2.45, 2.75) is 26.8 Å². The summed E-state index contributed by atoms with van der Waals surface area (Å²) in [6.07, 6.45) is 0. The van der Waals surface area contributed by atoms with E-state index >= 15 is 0 Å². The van der Waals surface area contributed by atoms with Crippen LogP contribution in [-0.2, 0) is 0 Å². The highest BCUT2D eigenvalue weighted by Gasteiger charge is 2.17. The van der Waals surface area contributed by atoms with Crippen LogP contribution < -0.4 is 10.5 Å². The van der Waals surface area contributed by atoms with Crippen LogP contribution in [-0.4, -0.2) is 6.61 Å². The predicted octanol–water partition coefficient (Wildman–Crippen LogP) is 4.35. The summed E-state index contributed by atoms with van der Waals surface area (Å²) in [6.45, 7) is 6.82. The Morgan fingerprint density at radius 2 is 1.90 bits per heavy atom. The number of rotatable bonds is 4. The molecule has 0 fully saturated rings. The van der Waals surface area contributed by atoms with Crippen LogP contribution in [0.15, 0.2) is 36.4 Å². The second-order valence-corrected chi connectivity index (χ2v) is 6.01. The van der Waals surface area contributed by atoms with Crippen LogP contribution in [0.25, 0.3) is 0 Å². The lowest BCUT2D eigenvalue weighted by Crippen LogP contribution is -2.15. The van der Waals surface area contributed by atoms with Crippen molar-refractivity contribution in [2.24, 2.45) is 5.73 Å². The van der Waals surface area contributed by atoms with E-state index in [1.54, 1.807) is 0 Å². The number of hydrogen-bond donors (Lipinski definition) is 1. The largest absolute Gasteiger partial charge is 0.494 e. The van der Waals surface area contributed by atoms with Crippen molar-refractivity contribution in [1.29, 1.82) is 0 Å². The molecule has 2 N–H and O–H groups in total. The highest BCUT2D eigenvalue weighted by molar-refractivity contribution is 14.1. The molecule has 0 saturated carbocycles. The minimum atomic E-state index is -0.164. The maximum absolute atomic E-state index is 6.50. The van der Waals surface area contributed by atoms with Gasteiger partial charge < -0.3 is 10.5 Å². The molecule has 0 amide bonds. The van der Waals surface area contributed by atoms with Crippen molar-refractivity contribution < 1.29 is 4.74 Å². The van der Waals surface area contributed by atoms with Crippen molar-refractivity contribution in [1.82, 2.24) is 0 Å². The normalized spacial score (nSPS) is 12.2. The molecule has 0 saturated heterocycles. The van der Waals surface area contributed by atoms with Crippen LogP contribution in [0.2, 0.25) is 0 Å². The second kappa shape index (κ2) is 6.59. The lowest BCUT2D eigenvalue weighted by molar-refractivity contribution is 0.335. The molecule has 0 bridgehead atoms. The summed E-state index contributed by atoms with van der Waals surface area (Å²) in [4.78, 5) is 0. The Morgan fingerprint density at radius 3 is 2.60 bits per heavy atom. The average Bonchev–Trinajstić information content (AvgIpc) is 2.43. The van der Waals surface area contributed by atoms with Crippen LogP contribution in [0.3, 0.4) is 0 Å². The summed E-state index contributed by atoms with van der Waals surface area (Å²) >= 11 is 2.37. The zero-order chi connectivity index (χ0) is 14.7. The third-order valence-electron chi connectivity index (χ3n) is 3.36. The monoisotopic (exact) mass is 381 g/mol. The molecule has 1 unspecified atom stereocenters. The lowest BCUT2D eigenvalue weighted by Gasteiger charge is -2.19. The van der Waals surface area contributed by atoms with E-state index in [1.165, 1.54) is 14.7 Å². The van der Waals surface area contributed by atoms with Crippen LogP contribution in [0.4, 0.5) is 0 Å². The maximum atomic E-state index is 6.50. The molecular weight excluding hydrogens is 361 g/mol. The van der Waals surface area contributed by atoms with Gasteiger partial charge in [-0.1, -0.05) is 35.9 Å². The topological polar surface area (TPSA) is 35.2 Å². The van der Waals surface area contributed by atoms with Crippen LogP contribution in [0, 0.1) is 17.4 Å². The van der Waals surface area contributed by atoms with Gasteiger partial charge in [0, 0.05) is 9.13 Å². The summed E-state index contributed by atoms with van der Waals surface area (Å²) in [5, 5.41) is 0. The van der Waals surface area contributed by atoms with Gasteiger partial charge in [-0.15, -0.1) is 0 Å². The Kier molecular flexibility index (Phi) is 5.05. The van der Waals surface area contributed by atoms with Crippen molar-refractivity contribution in [3.63, 3.8) is 0 Å². The zero-order valence-corrected chi connectivity index (χ0v) is 14.3. The smallest absolute Gasteiger partial charge is 0.124 e. The van der Waals surface area contributed by atoms with Gasteiger partial charge in [0.2, 0.25) is 0 Å². The third kappa shape index (κ3) is 3.15. The number of aryl methyl sites for hydroxylation is 2. The van der Waals surface area contributed by atoms with Gasteiger partial charge in [-0.2, -0.15) is 0 Å². The molecule has 106 valence electrons. The van der Waals surface area contributed by atoms with Crippen LogP contribution in [0.1, 0.15) is 35.2 Å². The molecule has 0 radical (unpaired) electrons. The van der Waals surface area contributed by atoms with Crippen molar-refractivity contribution in [3.05, 3.63) is 62.2 Å². The van der Waals surface area contributed by atoms with E-state index in [4.69, 9.17) is 10.5 Å². The molecule has 0 heterocycles. The first-order valence-electron chi connectivity index (χ1n) is 6.78. The maximum Gasteiger partial charge on any atom is 0.124 e. The van der Waals surface area contributed by atoms with Gasteiger partial charge in [-0.05, 0) is 60.6 Å². The predicted molar refractivity (Wildman–Crippen MR) is 92.3 cm³/mol. The van der Waals surface area contributed by atoms with E-state index in [1.807, 2.05) is 13.0 Å². The molecular formula is C17H20INO. The van der Waals surface area contributed by atoms with Crippen molar-refractivity contribution in [2.75, 3.05) is 6.61 Å². The summed E-state index contributed by atoms with van der Waals surface area (Å²) in [5.74, 6) is 0.878. The van der Waals surface area contributed by atoms with Gasteiger partial charge in [0.15, 0.2) is 0 Å². The molecule has 0 aliphatic rings. The minimum Gasteiger partial charge on any atom is -0.494 e. The fraction of sp³-hybridized carbons (Fsp3) is 0.294. The van der Waals surface area contributed by atoms with Gasteiger partial charge in [0.05, 0.1) is 12.6 Å². The quantitative estimate of drug-likeness (QED) is 0.799. The summed E-state index contributed by atoms with van der Waals surface area (Å²) in [6, 6.07) is 12.3. The van der Waals surface area contributed by atoms with Gasteiger partial charge in [-0.25, -0.2) is 0 Å². The van der Waals surface area contributed by atoms with E-state index in [2.05, 4.69) is 66.8 Å². The SMILES string of the molecule is CCOc1ccc(C)cc1C(N)c1cccc(C)c1I. The Hall–Kier alpha value is -1.07. The van der Waals surface area contributed by atoms with Crippen LogP contribution in [0.5, 0.6) is 5.75 Å². The van der Waals surface area contributed by atoms with E-state index in [9.17, 15) is 0 Å². The highest BCUT2D eigenvalue weighted by Crippen LogP contribution is 2.32. The first-order valence-corrected chi connectivity index (χ1v) is 7.86. The molecule has 0 aromatic heterocycles. The van der Waals surface area contributed by atoms with Gasteiger partial charge >= 0.3 is 0 Å². The minimum absolute atomic E-state index is 0.164. The van der Waals surface area contributed by atoms with Gasteiger partial charge in [-0.3, -0.25) is 0 Å². The van der Waals surface area contributed by atoms with Crippen molar-refractivity contribution in [3.8, 4) is 5.75 Å². The number of hydrogen-bond acceptors (Lipinski definition) is 2. The summed E-state index contributed by atoms with van der Waals surface area (Å²) in [5.41, 5.74) is 11.2. The molecule has 2 aromatic rings. The Bertz CT molecular complexity index is 610. The molecule has 2 aromatic carbocycles. The number of benzene rings is 2. The molecule has 0 aliphatic heterocycles. The Morgan fingerprint density at radius 1 is 1.15 bits per heavy atom. The van der Waals surface area contributed by atoms with Crippen LogP contribution >= 0.6 is 22.6 Å². The molecule has 0 spiro atoms. The molecule has 2 rings (SSSR count). The average molecular weight is 381 g/mol. The fourth-order valence-electron chi connectivity index (χ4n) is 2.28. The highest BCUT2D eigenvalue weighted by atomic mass is 127. The van der Waals surface area contributed by atoms with Crippen molar-refractivity contribution >= 4 is 22.6 Å². The molecule has 20 heavy (non-hydrogen) atoms. The third-order valence-corrected chi connectivity index (χ3v) is 4.83. The Labute approximate surface area is 134 Å².